The first kappa shape index (κ1) is 16.2. The molecule has 0 spiro atoms. The monoisotopic (exact) mass is 299 g/mol. The number of aliphatic hydroxyl groups excluding tert-OH is 1. The molecule has 0 radical (unpaired) electrons. The first-order chi connectivity index (χ1) is 10.2. The van der Waals surface area contributed by atoms with Gasteiger partial charge in [-0.15, -0.1) is 0 Å². The van der Waals surface area contributed by atoms with Crippen LogP contribution < -0.4 is 4.74 Å². The maximum atomic E-state index is 12.1. The highest BCUT2D eigenvalue weighted by Crippen LogP contribution is 2.24. The van der Waals surface area contributed by atoms with Gasteiger partial charge in [-0.25, -0.2) is 8.78 Å². The molecule has 0 aliphatic carbocycles. The molecule has 1 heterocycles. The average Bonchev–Trinajstić information content (AvgIpc) is 2.91. The van der Waals surface area contributed by atoms with Crippen LogP contribution in [0.15, 0.2) is 24.3 Å². The molecule has 1 aromatic carbocycles. The van der Waals surface area contributed by atoms with Gasteiger partial charge in [-0.1, -0.05) is 12.1 Å². The molecule has 1 unspecified atom stereocenters. The lowest BCUT2D eigenvalue weighted by Gasteiger charge is -2.24. The normalized spacial score (nSPS) is 19.3. The van der Waals surface area contributed by atoms with E-state index in [1.54, 1.807) is 12.1 Å². The van der Waals surface area contributed by atoms with Crippen LogP contribution in [0.3, 0.4) is 0 Å². The number of likely N-dealkylation sites (tertiary alicyclic amines) is 1. The summed E-state index contributed by atoms with van der Waals surface area (Å²) < 4.78 is 29.1. The summed E-state index contributed by atoms with van der Waals surface area (Å²) in [5.74, 6) is 0.484. The molecule has 118 valence electrons. The van der Waals surface area contributed by atoms with Crippen molar-refractivity contribution < 1.29 is 18.6 Å². The fraction of sp³-hybridized carbons (Fsp3) is 0.625. The summed E-state index contributed by atoms with van der Waals surface area (Å²) in [6.07, 6.45) is 1.83. The van der Waals surface area contributed by atoms with Gasteiger partial charge in [0.05, 0.1) is 0 Å². The molecule has 0 aromatic heterocycles. The van der Waals surface area contributed by atoms with E-state index >= 15 is 0 Å². The smallest absolute Gasteiger partial charge is 0.272 e. The highest BCUT2D eigenvalue weighted by molar-refractivity contribution is 5.27. The number of ether oxygens (including phenoxy) is 1. The van der Waals surface area contributed by atoms with Gasteiger partial charge in [0.1, 0.15) is 12.4 Å². The maximum Gasteiger partial charge on any atom is 0.272 e. The van der Waals surface area contributed by atoms with Gasteiger partial charge in [-0.3, -0.25) is 4.90 Å². The van der Waals surface area contributed by atoms with E-state index in [4.69, 9.17) is 9.84 Å². The zero-order valence-electron chi connectivity index (χ0n) is 12.2. The zero-order valence-corrected chi connectivity index (χ0v) is 12.2. The predicted molar refractivity (Wildman–Crippen MR) is 77.7 cm³/mol. The standard InChI is InChI=1S/C16H23F2NO2/c17-16(18)12-21-15-7-5-13(6-8-15)11-19-9-1-3-14(19)4-2-10-20/h5-8,14,16,20H,1-4,9-12H2. The van der Waals surface area contributed by atoms with Crippen molar-refractivity contribution in [3.63, 3.8) is 0 Å². The molecule has 0 amide bonds. The molecule has 1 atom stereocenters. The Hall–Kier alpha value is -1.20. The molecule has 1 N–H and O–H groups in total. The molecular formula is C16H23F2NO2. The van der Waals surface area contributed by atoms with Gasteiger partial charge in [0, 0.05) is 19.2 Å². The van der Waals surface area contributed by atoms with Crippen LogP contribution in [-0.4, -0.2) is 42.2 Å². The minimum absolute atomic E-state index is 0.251. The zero-order chi connectivity index (χ0) is 15.1. The Balaban J connectivity index is 1.84. The first-order valence-corrected chi connectivity index (χ1v) is 7.54. The van der Waals surface area contributed by atoms with Crippen LogP contribution >= 0.6 is 0 Å². The summed E-state index contributed by atoms with van der Waals surface area (Å²) in [5, 5.41) is 8.94. The number of aliphatic hydroxyl groups is 1. The van der Waals surface area contributed by atoms with Crippen LogP contribution in [0.2, 0.25) is 0 Å². The highest BCUT2D eigenvalue weighted by Gasteiger charge is 2.23. The van der Waals surface area contributed by atoms with Crippen molar-refractivity contribution in [2.24, 2.45) is 0 Å². The Labute approximate surface area is 124 Å². The van der Waals surface area contributed by atoms with E-state index in [-0.39, 0.29) is 6.61 Å². The fourth-order valence-corrected chi connectivity index (χ4v) is 2.84. The third-order valence-electron chi connectivity index (χ3n) is 3.88. The second kappa shape index (κ2) is 8.29. The summed E-state index contributed by atoms with van der Waals surface area (Å²) in [6.45, 7) is 1.64. The van der Waals surface area contributed by atoms with E-state index < -0.39 is 13.0 Å². The average molecular weight is 299 g/mol. The second-order valence-corrected chi connectivity index (χ2v) is 5.48. The van der Waals surface area contributed by atoms with E-state index in [1.807, 2.05) is 12.1 Å². The number of hydrogen-bond donors (Lipinski definition) is 1. The van der Waals surface area contributed by atoms with Crippen LogP contribution in [0.5, 0.6) is 5.75 Å². The van der Waals surface area contributed by atoms with Crippen LogP contribution in [0.25, 0.3) is 0 Å². The second-order valence-electron chi connectivity index (χ2n) is 5.48. The number of benzene rings is 1. The quantitative estimate of drug-likeness (QED) is 0.801. The Morgan fingerprint density at radius 3 is 2.71 bits per heavy atom. The van der Waals surface area contributed by atoms with Crippen molar-refractivity contribution in [2.75, 3.05) is 19.8 Å². The number of nitrogens with zero attached hydrogens (tertiary/aromatic N) is 1. The van der Waals surface area contributed by atoms with Crippen LogP contribution in [0.1, 0.15) is 31.2 Å². The molecule has 1 saturated heterocycles. The molecule has 21 heavy (non-hydrogen) atoms. The minimum Gasteiger partial charge on any atom is -0.488 e. The molecule has 1 aliphatic rings. The van der Waals surface area contributed by atoms with Crippen molar-refractivity contribution >= 4 is 0 Å². The number of hydrogen-bond acceptors (Lipinski definition) is 3. The van der Waals surface area contributed by atoms with Crippen molar-refractivity contribution in [3.05, 3.63) is 29.8 Å². The van der Waals surface area contributed by atoms with Crippen LogP contribution in [0.4, 0.5) is 8.78 Å². The SMILES string of the molecule is OCCCC1CCCN1Cc1ccc(OCC(F)F)cc1. The van der Waals surface area contributed by atoms with Crippen molar-refractivity contribution in [1.82, 2.24) is 4.90 Å². The summed E-state index contributed by atoms with van der Waals surface area (Å²) >= 11 is 0. The van der Waals surface area contributed by atoms with Gasteiger partial charge in [-0.2, -0.15) is 0 Å². The molecule has 0 saturated carbocycles. The third-order valence-corrected chi connectivity index (χ3v) is 3.88. The largest absolute Gasteiger partial charge is 0.488 e. The summed E-state index contributed by atoms with van der Waals surface area (Å²) in [6, 6.07) is 7.91. The summed E-state index contributed by atoms with van der Waals surface area (Å²) in [5.41, 5.74) is 1.16. The van der Waals surface area contributed by atoms with E-state index in [2.05, 4.69) is 4.90 Å². The maximum absolute atomic E-state index is 12.1. The van der Waals surface area contributed by atoms with E-state index in [9.17, 15) is 8.78 Å². The summed E-state index contributed by atoms with van der Waals surface area (Å²) in [7, 11) is 0. The van der Waals surface area contributed by atoms with Gasteiger partial charge >= 0.3 is 0 Å². The van der Waals surface area contributed by atoms with E-state index in [0.717, 1.165) is 31.5 Å². The minimum atomic E-state index is -2.44. The number of rotatable bonds is 8. The molecule has 1 fully saturated rings. The van der Waals surface area contributed by atoms with Gasteiger partial charge in [0.15, 0.2) is 0 Å². The first-order valence-electron chi connectivity index (χ1n) is 7.54. The molecule has 1 aliphatic heterocycles. The highest BCUT2D eigenvalue weighted by atomic mass is 19.3. The van der Waals surface area contributed by atoms with Crippen molar-refractivity contribution in [3.8, 4) is 5.75 Å². The fourth-order valence-electron chi connectivity index (χ4n) is 2.84. The Bertz CT molecular complexity index is 411. The van der Waals surface area contributed by atoms with E-state index in [0.29, 0.717) is 11.8 Å². The molecular weight excluding hydrogens is 276 g/mol. The predicted octanol–water partition coefficient (Wildman–Crippen LogP) is 3.07. The topological polar surface area (TPSA) is 32.7 Å². The van der Waals surface area contributed by atoms with Crippen LogP contribution in [0, 0.1) is 0 Å². The van der Waals surface area contributed by atoms with Gasteiger partial charge in [0.25, 0.3) is 6.43 Å². The molecule has 3 nitrogen and oxygen atoms in total. The Morgan fingerprint density at radius 1 is 1.29 bits per heavy atom. The number of alkyl halides is 2. The lowest BCUT2D eigenvalue weighted by Crippen LogP contribution is -2.29. The third kappa shape index (κ3) is 5.25. The van der Waals surface area contributed by atoms with Crippen LogP contribution in [-0.2, 0) is 6.54 Å². The molecule has 2 rings (SSSR count). The number of halogens is 2. The van der Waals surface area contributed by atoms with Crippen molar-refractivity contribution in [1.29, 1.82) is 0 Å². The molecule has 5 heteroatoms. The van der Waals surface area contributed by atoms with Gasteiger partial charge in [0.2, 0.25) is 0 Å². The lowest BCUT2D eigenvalue weighted by atomic mass is 10.1. The van der Waals surface area contributed by atoms with Gasteiger partial charge < -0.3 is 9.84 Å². The Morgan fingerprint density at radius 2 is 2.05 bits per heavy atom. The van der Waals surface area contributed by atoms with Crippen molar-refractivity contribution in [2.45, 2.75) is 44.7 Å². The molecule has 1 aromatic rings. The Kier molecular flexibility index (Phi) is 6.39. The van der Waals surface area contributed by atoms with E-state index in [1.165, 1.54) is 12.8 Å². The summed E-state index contributed by atoms with van der Waals surface area (Å²) in [4.78, 5) is 2.44. The van der Waals surface area contributed by atoms with Gasteiger partial charge in [-0.05, 0) is 49.9 Å². The molecule has 0 bridgehead atoms. The lowest BCUT2D eigenvalue weighted by molar-refractivity contribution is 0.0819.